The standard InChI is InChI=1S/C25H28N2.2CH3.Zr/c1-17(2)22-12-9-13-23(18(3)4)25(22)27-19(5)20-10-8-11-21(16-20)24-14-6-7-15-26-24;;;/h6-15,17-19H,1-5H3;2*1H3;/q-2;2*-1;+4. The van der Waals surface area contributed by atoms with Crippen molar-refractivity contribution in [3.05, 3.63) is 104 Å². The molecule has 3 rings (SSSR count). The molecule has 0 bridgehead atoms. The number of rotatable bonds is 6. The van der Waals surface area contributed by atoms with Crippen molar-refractivity contribution in [3.63, 3.8) is 0 Å². The normalized spacial score (nSPS) is 11.2. The van der Waals surface area contributed by atoms with Crippen LogP contribution in [0.2, 0.25) is 0 Å². The van der Waals surface area contributed by atoms with Gasteiger partial charge in [0.15, 0.2) is 0 Å². The molecule has 0 aliphatic carbocycles. The molecule has 0 N–H and O–H groups in total. The van der Waals surface area contributed by atoms with Crippen molar-refractivity contribution in [2.75, 3.05) is 0 Å². The summed E-state index contributed by atoms with van der Waals surface area (Å²) in [6.07, 6.45) is 1.82. The van der Waals surface area contributed by atoms with Crippen LogP contribution < -0.4 is 0 Å². The topological polar surface area (TPSA) is 27.0 Å². The Labute approximate surface area is 203 Å². The molecular weight excluding hydrogens is 444 g/mol. The first-order chi connectivity index (χ1) is 13.0. The maximum absolute atomic E-state index is 5.15. The molecule has 1 atom stereocenters. The third-order valence-corrected chi connectivity index (χ3v) is 4.87. The van der Waals surface area contributed by atoms with Crippen LogP contribution in [-0.4, -0.2) is 4.98 Å². The van der Waals surface area contributed by atoms with Crippen LogP contribution >= 0.6 is 0 Å². The fourth-order valence-electron chi connectivity index (χ4n) is 3.33. The van der Waals surface area contributed by atoms with E-state index in [-0.39, 0.29) is 47.1 Å². The summed E-state index contributed by atoms with van der Waals surface area (Å²) in [6, 6.07) is 22.3. The van der Waals surface area contributed by atoms with Gasteiger partial charge in [0.05, 0.1) is 0 Å². The summed E-state index contributed by atoms with van der Waals surface area (Å²) in [6.45, 7) is 11.1. The van der Waals surface area contributed by atoms with Gasteiger partial charge in [-0.3, -0.25) is 0 Å². The average molecular weight is 478 g/mol. The number of hydrogen-bond donors (Lipinski definition) is 0. The molecule has 3 heteroatoms. The minimum Gasteiger partial charge on any atom is -0.679 e. The molecule has 1 unspecified atom stereocenters. The maximum Gasteiger partial charge on any atom is 4.00 e. The van der Waals surface area contributed by atoms with E-state index in [1.165, 1.54) is 11.1 Å². The van der Waals surface area contributed by atoms with Gasteiger partial charge in [-0.15, -0.1) is 47.1 Å². The third kappa shape index (κ3) is 6.64. The number of pyridine rings is 1. The number of hydrogen-bond acceptors (Lipinski definition) is 1. The summed E-state index contributed by atoms with van der Waals surface area (Å²) >= 11 is 0. The van der Waals surface area contributed by atoms with Gasteiger partial charge in [0.1, 0.15) is 0 Å². The van der Waals surface area contributed by atoms with Crippen molar-refractivity contribution < 1.29 is 26.2 Å². The van der Waals surface area contributed by atoms with Crippen LogP contribution in [0.4, 0.5) is 5.69 Å². The van der Waals surface area contributed by atoms with E-state index in [9.17, 15) is 0 Å². The van der Waals surface area contributed by atoms with E-state index < -0.39 is 0 Å². The molecule has 0 fully saturated rings. The van der Waals surface area contributed by atoms with E-state index >= 15 is 0 Å². The van der Waals surface area contributed by atoms with Gasteiger partial charge in [-0.25, -0.2) is 0 Å². The summed E-state index contributed by atoms with van der Waals surface area (Å²) in [5.74, 6) is 0.886. The van der Waals surface area contributed by atoms with E-state index in [0.29, 0.717) is 11.8 Å². The first-order valence-corrected chi connectivity index (χ1v) is 9.74. The Balaban J connectivity index is 0.00000280. The average Bonchev–Trinajstić information content (AvgIpc) is 2.68. The molecule has 1 heterocycles. The molecule has 0 amide bonds. The zero-order valence-electron chi connectivity index (χ0n) is 19.4. The molecule has 3 aromatic rings. The van der Waals surface area contributed by atoms with Crippen molar-refractivity contribution in [2.45, 2.75) is 52.5 Å². The number of benzene rings is 2. The molecule has 0 aliphatic heterocycles. The molecule has 30 heavy (non-hydrogen) atoms. The predicted molar refractivity (Wildman–Crippen MR) is 127 cm³/mol. The quantitative estimate of drug-likeness (QED) is 0.327. The second-order valence-electron chi connectivity index (χ2n) is 7.63. The minimum absolute atomic E-state index is 0. The van der Waals surface area contributed by atoms with Crippen LogP contribution in [0.1, 0.15) is 69.2 Å². The monoisotopic (exact) mass is 476 g/mol. The van der Waals surface area contributed by atoms with E-state index in [1.807, 2.05) is 24.4 Å². The number of nitrogens with zero attached hydrogens (tertiary/aromatic N) is 2. The summed E-state index contributed by atoms with van der Waals surface area (Å²) in [5.41, 5.74) is 6.81. The molecule has 1 aromatic heterocycles. The van der Waals surface area contributed by atoms with Gasteiger partial charge >= 0.3 is 26.2 Å². The van der Waals surface area contributed by atoms with Gasteiger partial charge in [0.25, 0.3) is 0 Å². The van der Waals surface area contributed by atoms with Crippen LogP contribution in [0.5, 0.6) is 0 Å². The molecule has 2 nitrogen and oxygen atoms in total. The molecule has 0 spiro atoms. The van der Waals surface area contributed by atoms with Crippen LogP contribution in [0.3, 0.4) is 0 Å². The van der Waals surface area contributed by atoms with Gasteiger partial charge < -0.3 is 25.2 Å². The van der Waals surface area contributed by atoms with Crippen LogP contribution in [0, 0.1) is 20.9 Å². The van der Waals surface area contributed by atoms with Gasteiger partial charge in [0, 0.05) is 6.20 Å². The molecule has 2 aromatic carbocycles. The van der Waals surface area contributed by atoms with Crippen molar-refractivity contribution in [1.29, 1.82) is 0 Å². The third-order valence-electron chi connectivity index (χ3n) is 4.87. The SMILES string of the molecule is CC(C)c1cccc(C(C)C)c1[N-]C(C)c1[c-]c(-c2ccccn2)ccc1.[CH3-].[CH3-].[Zr+4]. The van der Waals surface area contributed by atoms with Crippen LogP contribution in [0.25, 0.3) is 16.6 Å². The Morgan fingerprint density at radius 2 is 1.37 bits per heavy atom. The first kappa shape index (κ1) is 28.3. The van der Waals surface area contributed by atoms with Gasteiger partial charge in [-0.1, -0.05) is 76.1 Å². The summed E-state index contributed by atoms with van der Waals surface area (Å²) in [5, 5.41) is 5.15. The van der Waals surface area contributed by atoms with E-state index in [2.05, 4.69) is 82.1 Å². The van der Waals surface area contributed by atoms with Crippen molar-refractivity contribution in [2.24, 2.45) is 0 Å². The maximum atomic E-state index is 5.15. The van der Waals surface area contributed by atoms with Crippen LogP contribution in [-0.2, 0) is 26.2 Å². The van der Waals surface area contributed by atoms with E-state index in [4.69, 9.17) is 5.32 Å². The molecule has 0 saturated heterocycles. The second kappa shape index (κ2) is 12.9. The fourth-order valence-corrected chi connectivity index (χ4v) is 3.33. The molecule has 0 saturated carbocycles. The summed E-state index contributed by atoms with van der Waals surface area (Å²) in [4.78, 5) is 4.45. The Morgan fingerprint density at radius 1 is 0.767 bits per heavy atom. The number of para-hydroxylation sites is 1. The summed E-state index contributed by atoms with van der Waals surface area (Å²) in [7, 11) is 0. The zero-order valence-corrected chi connectivity index (χ0v) is 21.9. The van der Waals surface area contributed by atoms with Crippen LogP contribution in [0.15, 0.2) is 60.8 Å². The largest absolute Gasteiger partial charge is 4.00 e. The second-order valence-corrected chi connectivity index (χ2v) is 7.63. The molecular formula is C27H34N2Zr. The van der Waals surface area contributed by atoms with Crippen molar-refractivity contribution in [1.82, 2.24) is 4.98 Å². The van der Waals surface area contributed by atoms with Gasteiger partial charge in [-0.2, -0.15) is 0 Å². The minimum atomic E-state index is 0. The Morgan fingerprint density at radius 3 is 1.90 bits per heavy atom. The molecule has 156 valence electrons. The molecule has 0 aliphatic rings. The van der Waals surface area contributed by atoms with Gasteiger partial charge in [-0.05, 0) is 23.6 Å². The fraction of sp³-hybridized carbons (Fsp3) is 0.296. The van der Waals surface area contributed by atoms with Crippen molar-refractivity contribution >= 4 is 5.69 Å². The Bertz CT molecular complexity index is 862. The Kier molecular flexibility index (Phi) is 12.1. The van der Waals surface area contributed by atoms with E-state index in [0.717, 1.165) is 22.5 Å². The molecule has 0 radical (unpaired) electrons. The van der Waals surface area contributed by atoms with Crippen molar-refractivity contribution in [3.8, 4) is 11.3 Å². The first-order valence-electron chi connectivity index (χ1n) is 9.74. The van der Waals surface area contributed by atoms with Gasteiger partial charge in [0.2, 0.25) is 0 Å². The predicted octanol–water partition coefficient (Wildman–Crippen LogP) is 8.46. The zero-order chi connectivity index (χ0) is 19.4. The summed E-state index contributed by atoms with van der Waals surface area (Å²) < 4.78 is 0. The van der Waals surface area contributed by atoms with E-state index in [1.54, 1.807) is 0 Å². The number of aromatic nitrogens is 1. The Hall–Kier alpha value is -1.73. The smallest absolute Gasteiger partial charge is 0.679 e.